The van der Waals surface area contributed by atoms with Gasteiger partial charge in [-0.25, -0.2) is 0 Å². The highest BCUT2D eigenvalue weighted by molar-refractivity contribution is 8.25. The Morgan fingerprint density at radius 1 is 1.09 bits per heavy atom. The number of thioether (sulfide) groups is 2. The smallest absolute Gasteiger partial charge is 0.254 e. The first-order valence-corrected chi connectivity index (χ1v) is 4.46. The van der Waals surface area contributed by atoms with Gasteiger partial charge in [0.25, 0.3) is 11.8 Å². The van der Waals surface area contributed by atoms with Gasteiger partial charge >= 0.3 is 0 Å². The molecular formula is C5H6N2O2S2. The lowest BCUT2D eigenvalue weighted by molar-refractivity contribution is -0.126. The first-order valence-electron chi connectivity index (χ1n) is 2.70. The normalized spacial score (nSPS) is 20.0. The van der Waals surface area contributed by atoms with E-state index >= 15 is 0 Å². The van der Waals surface area contributed by atoms with E-state index in [9.17, 15) is 9.59 Å². The van der Waals surface area contributed by atoms with E-state index in [1.54, 1.807) is 10.8 Å². The van der Waals surface area contributed by atoms with Crippen molar-refractivity contribution in [2.45, 2.75) is 4.08 Å². The maximum Gasteiger partial charge on any atom is 0.254 e. The predicted molar refractivity (Wildman–Crippen MR) is 45.4 cm³/mol. The molecule has 0 radical (unpaired) electrons. The molecule has 11 heavy (non-hydrogen) atoms. The lowest BCUT2D eigenvalue weighted by Crippen LogP contribution is -2.47. The number of hydrogen-bond acceptors (Lipinski definition) is 4. The van der Waals surface area contributed by atoms with Crippen LogP contribution in [0.3, 0.4) is 0 Å². The van der Waals surface area contributed by atoms with Crippen LogP contribution in [0.1, 0.15) is 0 Å². The van der Waals surface area contributed by atoms with Gasteiger partial charge in [-0.05, 0) is 10.8 Å². The van der Waals surface area contributed by atoms with Crippen LogP contribution in [-0.2, 0) is 9.59 Å². The predicted octanol–water partition coefficient (Wildman–Crippen LogP) is -0.396. The van der Waals surface area contributed by atoms with E-state index in [1.165, 1.54) is 0 Å². The molecule has 0 spiro atoms. The Morgan fingerprint density at radius 3 is 1.64 bits per heavy atom. The van der Waals surface area contributed by atoms with E-state index in [-0.39, 0.29) is 0 Å². The second kappa shape index (κ2) is 2.78. The van der Waals surface area contributed by atoms with E-state index in [0.29, 0.717) is 0 Å². The molecule has 0 aromatic heterocycles. The van der Waals surface area contributed by atoms with Crippen LogP contribution >= 0.6 is 23.5 Å². The fraction of sp³-hybridized carbons (Fsp3) is 0.200. The van der Waals surface area contributed by atoms with Crippen LogP contribution in [0.15, 0.2) is 10.8 Å². The molecule has 0 fully saturated rings. The van der Waals surface area contributed by atoms with Crippen molar-refractivity contribution in [1.82, 2.24) is 0 Å². The quantitative estimate of drug-likeness (QED) is 0.580. The monoisotopic (exact) mass is 190 g/mol. The first-order chi connectivity index (χ1) is 5.09. The van der Waals surface area contributed by atoms with Crippen molar-refractivity contribution in [3.8, 4) is 0 Å². The van der Waals surface area contributed by atoms with E-state index in [0.717, 1.165) is 23.5 Å². The highest BCUT2D eigenvalue weighted by Crippen LogP contribution is 2.44. The van der Waals surface area contributed by atoms with Crippen molar-refractivity contribution in [3.05, 3.63) is 10.8 Å². The van der Waals surface area contributed by atoms with Crippen LogP contribution in [0.25, 0.3) is 0 Å². The summed E-state index contributed by atoms with van der Waals surface area (Å²) in [6.07, 6.45) is 0. The Labute approximate surface area is 71.8 Å². The number of nitrogens with two attached hydrogens (primary N) is 2. The van der Waals surface area contributed by atoms with Gasteiger partial charge in [0.15, 0.2) is 0 Å². The minimum absolute atomic E-state index is 0.704. The molecule has 0 aliphatic carbocycles. The molecule has 2 amide bonds. The summed E-state index contributed by atoms with van der Waals surface area (Å²) in [6, 6.07) is 0. The van der Waals surface area contributed by atoms with Gasteiger partial charge in [0, 0.05) is 0 Å². The van der Waals surface area contributed by atoms with Gasteiger partial charge in [-0.1, -0.05) is 23.5 Å². The van der Waals surface area contributed by atoms with Gasteiger partial charge in [-0.3, -0.25) is 9.59 Å². The summed E-state index contributed by atoms with van der Waals surface area (Å²) < 4.78 is -1.31. The largest absolute Gasteiger partial charge is 0.367 e. The molecule has 0 aromatic rings. The minimum Gasteiger partial charge on any atom is -0.367 e. The Kier molecular flexibility index (Phi) is 2.15. The third-order valence-corrected chi connectivity index (χ3v) is 3.93. The Balaban J connectivity index is 2.90. The van der Waals surface area contributed by atoms with Crippen molar-refractivity contribution in [2.75, 3.05) is 0 Å². The zero-order valence-corrected chi connectivity index (χ0v) is 7.08. The van der Waals surface area contributed by atoms with E-state index in [1.807, 2.05) is 0 Å². The standard InChI is InChI=1S/C5H6N2O2S2/c6-3(8)5(4(7)9)10-1-2-11-5/h1-2H,(H2,6,8)(H2,7,9). The van der Waals surface area contributed by atoms with Gasteiger partial charge in [0.05, 0.1) is 0 Å². The van der Waals surface area contributed by atoms with E-state index in [2.05, 4.69) is 0 Å². The summed E-state index contributed by atoms with van der Waals surface area (Å²) >= 11 is 2.08. The lowest BCUT2D eigenvalue weighted by Gasteiger charge is -2.17. The van der Waals surface area contributed by atoms with Crippen LogP contribution in [-0.4, -0.2) is 15.9 Å². The number of rotatable bonds is 2. The molecule has 4 nitrogen and oxygen atoms in total. The number of primary amides is 2. The summed E-state index contributed by atoms with van der Waals surface area (Å²) in [5.74, 6) is -1.41. The van der Waals surface area contributed by atoms with Crippen molar-refractivity contribution >= 4 is 35.3 Å². The third kappa shape index (κ3) is 1.23. The molecule has 0 aromatic carbocycles. The van der Waals surface area contributed by atoms with Crippen LogP contribution in [0, 0.1) is 0 Å². The first kappa shape index (κ1) is 8.48. The highest BCUT2D eigenvalue weighted by atomic mass is 32.2. The summed E-state index contributed by atoms with van der Waals surface area (Å²) in [4.78, 5) is 21.6. The second-order valence-electron chi connectivity index (χ2n) is 1.85. The topological polar surface area (TPSA) is 86.2 Å². The summed E-state index contributed by atoms with van der Waals surface area (Å²) in [7, 11) is 0. The second-order valence-corrected chi connectivity index (χ2v) is 4.35. The zero-order chi connectivity index (χ0) is 8.48. The Morgan fingerprint density at radius 2 is 1.45 bits per heavy atom. The zero-order valence-electron chi connectivity index (χ0n) is 5.44. The van der Waals surface area contributed by atoms with Crippen LogP contribution in [0.4, 0.5) is 0 Å². The van der Waals surface area contributed by atoms with Crippen molar-refractivity contribution in [2.24, 2.45) is 11.5 Å². The molecular weight excluding hydrogens is 184 g/mol. The maximum absolute atomic E-state index is 10.8. The van der Waals surface area contributed by atoms with Gasteiger partial charge in [0.2, 0.25) is 4.08 Å². The number of carbonyl (C=O) groups excluding carboxylic acids is 2. The summed E-state index contributed by atoms with van der Waals surface area (Å²) in [5.41, 5.74) is 10.0. The van der Waals surface area contributed by atoms with Gasteiger partial charge in [0.1, 0.15) is 0 Å². The molecule has 0 saturated heterocycles. The van der Waals surface area contributed by atoms with Crippen LogP contribution < -0.4 is 11.5 Å². The number of carbonyl (C=O) groups is 2. The number of amides is 2. The average Bonchev–Trinajstić information content (AvgIpc) is 2.34. The van der Waals surface area contributed by atoms with E-state index in [4.69, 9.17) is 11.5 Å². The lowest BCUT2D eigenvalue weighted by atomic mass is 10.4. The van der Waals surface area contributed by atoms with Gasteiger partial charge in [-0.2, -0.15) is 0 Å². The molecule has 4 N–H and O–H groups in total. The minimum atomic E-state index is -1.31. The molecule has 6 heteroatoms. The molecule has 0 atom stereocenters. The molecule has 1 heterocycles. The van der Waals surface area contributed by atoms with Crippen molar-refractivity contribution < 1.29 is 9.59 Å². The van der Waals surface area contributed by atoms with Gasteiger partial charge in [-0.15, -0.1) is 0 Å². The van der Waals surface area contributed by atoms with Crippen LogP contribution in [0.2, 0.25) is 0 Å². The highest BCUT2D eigenvalue weighted by Gasteiger charge is 2.45. The summed E-state index contributed by atoms with van der Waals surface area (Å²) in [6.45, 7) is 0. The fourth-order valence-corrected chi connectivity index (χ4v) is 2.48. The maximum atomic E-state index is 10.8. The van der Waals surface area contributed by atoms with E-state index < -0.39 is 15.9 Å². The summed E-state index contributed by atoms with van der Waals surface area (Å²) in [5, 5.41) is 3.25. The molecule has 0 bridgehead atoms. The molecule has 0 saturated carbocycles. The Hall–Kier alpha value is -0.620. The number of hydrogen-bond donors (Lipinski definition) is 2. The molecule has 60 valence electrons. The fourth-order valence-electron chi connectivity index (χ4n) is 0.629. The Bertz CT molecular complexity index is 215. The molecule has 0 unspecified atom stereocenters. The van der Waals surface area contributed by atoms with Crippen molar-refractivity contribution in [1.29, 1.82) is 0 Å². The SMILES string of the molecule is NC(=O)C1(C(N)=O)SC=CS1. The molecule has 1 rings (SSSR count). The third-order valence-electron chi connectivity index (χ3n) is 1.17. The average molecular weight is 190 g/mol. The molecule has 1 aliphatic heterocycles. The van der Waals surface area contributed by atoms with Gasteiger partial charge < -0.3 is 11.5 Å². The van der Waals surface area contributed by atoms with Crippen molar-refractivity contribution in [3.63, 3.8) is 0 Å². The molecule has 1 aliphatic rings. The van der Waals surface area contributed by atoms with Crippen LogP contribution in [0.5, 0.6) is 0 Å².